The molecule has 0 spiro atoms. The maximum atomic E-state index is 12.2. The number of nitrogens with zero attached hydrogens (tertiary/aromatic N) is 1. The lowest BCUT2D eigenvalue weighted by Gasteiger charge is -2.12. The Morgan fingerprint density at radius 3 is 2.80 bits per heavy atom. The van der Waals surface area contributed by atoms with E-state index in [1.54, 1.807) is 6.07 Å². The number of carbonyl (C=O) groups is 2. The predicted molar refractivity (Wildman–Crippen MR) is 90.4 cm³/mol. The number of aromatic nitrogens is 1. The molecule has 2 heterocycles. The van der Waals surface area contributed by atoms with E-state index in [2.05, 4.69) is 4.98 Å². The fourth-order valence-corrected chi connectivity index (χ4v) is 2.57. The second-order valence-corrected chi connectivity index (χ2v) is 5.72. The van der Waals surface area contributed by atoms with Gasteiger partial charge >= 0.3 is 12.1 Å². The van der Waals surface area contributed by atoms with Crippen LogP contribution in [0.25, 0.3) is 11.3 Å². The number of ether oxygens (including phenoxy) is 2. The van der Waals surface area contributed by atoms with Crippen molar-refractivity contribution in [1.29, 1.82) is 0 Å². The number of hydrogen-bond donors (Lipinski definition) is 1. The van der Waals surface area contributed by atoms with Crippen molar-refractivity contribution in [1.82, 2.24) is 9.88 Å². The number of amides is 1. The second kappa shape index (κ2) is 7.21. The highest BCUT2D eigenvalue weighted by molar-refractivity contribution is 5.89. The highest BCUT2D eigenvalue weighted by Crippen LogP contribution is 2.17. The Hall–Kier alpha value is -3.09. The SMILES string of the molecule is Cc1cccc(-c2ccc(C(=O)OCCN3CCOC3=O)c(=O)[nH]2)c1. The quantitative estimate of drug-likeness (QED) is 0.839. The van der Waals surface area contributed by atoms with E-state index in [-0.39, 0.29) is 18.7 Å². The Kier molecular flexibility index (Phi) is 4.83. The zero-order valence-electron chi connectivity index (χ0n) is 13.8. The van der Waals surface area contributed by atoms with Crippen LogP contribution in [0.2, 0.25) is 0 Å². The first-order valence-electron chi connectivity index (χ1n) is 7.94. The van der Waals surface area contributed by atoms with Crippen molar-refractivity contribution in [2.24, 2.45) is 0 Å². The molecule has 1 fully saturated rings. The zero-order valence-corrected chi connectivity index (χ0v) is 13.8. The van der Waals surface area contributed by atoms with E-state index in [1.807, 2.05) is 31.2 Å². The second-order valence-electron chi connectivity index (χ2n) is 5.72. The van der Waals surface area contributed by atoms with Crippen molar-refractivity contribution in [2.75, 3.05) is 26.3 Å². The molecular formula is C18H18N2O5. The van der Waals surface area contributed by atoms with Crippen LogP contribution in [-0.4, -0.2) is 48.2 Å². The molecule has 25 heavy (non-hydrogen) atoms. The van der Waals surface area contributed by atoms with Crippen LogP contribution in [0.4, 0.5) is 4.79 Å². The molecule has 1 N–H and O–H groups in total. The minimum Gasteiger partial charge on any atom is -0.460 e. The Morgan fingerprint density at radius 1 is 1.28 bits per heavy atom. The van der Waals surface area contributed by atoms with Crippen LogP contribution in [0.1, 0.15) is 15.9 Å². The smallest absolute Gasteiger partial charge is 0.410 e. The number of esters is 1. The molecule has 7 heteroatoms. The van der Waals surface area contributed by atoms with Crippen LogP contribution in [0.15, 0.2) is 41.2 Å². The average molecular weight is 342 g/mol. The monoisotopic (exact) mass is 342 g/mol. The van der Waals surface area contributed by atoms with E-state index in [0.29, 0.717) is 18.8 Å². The van der Waals surface area contributed by atoms with Crippen LogP contribution in [0, 0.1) is 6.92 Å². The summed E-state index contributed by atoms with van der Waals surface area (Å²) in [5.74, 6) is -0.718. The summed E-state index contributed by atoms with van der Waals surface area (Å²) in [7, 11) is 0. The van der Waals surface area contributed by atoms with Crippen molar-refractivity contribution in [3.63, 3.8) is 0 Å². The molecule has 0 aliphatic carbocycles. The van der Waals surface area contributed by atoms with Gasteiger partial charge in [0.25, 0.3) is 5.56 Å². The minimum absolute atomic E-state index is 0.00695. The average Bonchev–Trinajstić information content (AvgIpc) is 3.00. The van der Waals surface area contributed by atoms with Crippen LogP contribution in [0.5, 0.6) is 0 Å². The van der Waals surface area contributed by atoms with Crippen molar-refractivity contribution in [2.45, 2.75) is 6.92 Å². The Bertz CT molecular complexity index is 859. The van der Waals surface area contributed by atoms with Gasteiger partial charge in [0.1, 0.15) is 18.8 Å². The van der Waals surface area contributed by atoms with Gasteiger partial charge in [-0.2, -0.15) is 0 Å². The molecule has 0 unspecified atom stereocenters. The Balaban J connectivity index is 1.65. The molecule has 1 aliphatic rings. The minimum atomic E-state index is -0.718. The van der Waals surface area contributed by atoms with Crippen molar-refractivity contribution >= 4 is 12.1 Å². The van der Waals surface area contributed by atoms with E-state index in [4.69, 9.17) is 9.47 Å². The number of rotatable bonds is 5. The summed E-state index contributed by atoms with van der Waals surface area (Å²) in [5.41, 5.74) is 1.99. The summed E-state index contributed by atoms with van der Waals surface area (Å²) in [4.78, 5) is 39.6. The van der Waals surface area contributed by atoms with Crippen molar-refractivity contribution < 1.29 is 19.1 Å². The Labute approximate surface area is 144 Å². The van der Waals surface area contributed by atoms with Gasteiger partial charge < -0.3 is 19.4 Å². The summed E-state index contributed by atoms with van der Waals surface area (Å²) < 4.78 is 9.86. The van der Waals surface area contributed by atoms with Crippen molar-refractivity contribution in [3.05, 3.63) is 57.9 Å². The van der Waals surface area contributed by atoms with Gasteiger partial charge in [-0.15, -0.1) is 0 Å². The standard InChI is InChI=1S/C18H18N2O5/c1-12-3-2-4-13(11-12)15-6-5-14(16(21)19-15)17(22)24-9-7-20-8-10-25-18(20)23/h2-6,11H,7-10H2,1H3,(H,19,21). The largest absolute Gasteiger partial charge is 0.460 e. The third-order valence-electron chi connectivity index (χ3n) is 3.90. The molecule has 1 aromatic heterocycles. The highest BCUT2D eigenvalue weighted by atomic mass is 16.6. The zero-order chi connectivity index (χ0) is 17.8. The van der Waals surface area contributed by atoms with E-state index in [1.165, 1.54) is 11.0 Å². The summed E-state index contributed by atoms with van der Waals surface area (Å²) in [5, 5.41) is 0. The van der Waals surface area contributed by atoms with Crippen LogP contribution >= 0.6 is 0 Å². The van der Waals surface area contributed by atoms with Crippen molar-refractivity contribution in [3.8, 4) is 11.3 Å². The van der Waals surface area contributed by atoms with Crippen LogP contribution in [-0.2, 0) is 9.47 Å². The first-order chi connectivity index (χ1) is 12.0. The first-order valence-corrected chi connectivity index (χ1v) is 7.94. The number of carbonyl (C=O) groups excluding carboxylic acids is 2. The molecule has 0 atom stereocenters. The van der Waals surface area contributed by atoms with E-state index >= 15 is 0 Å². The molecule has 0 radical (unpaired) electrons. The number of aryl methyl sites for hydroxylation is 1. The molecule has 0 saturated carbocycles. The number of aromatic amines is 1. The molecule has 130 valence electrons. The van der Waals surface area contributed by atoms with Crippen LogP contribution < -0.4 is 5.56 Å². The molecule has 1 aromatic carbocycles. The molecule has 2 aromatic rings. The first kappa shape index (κ1) is 16.8. The van der Waals surface area contributed by atoms with E-state index in [0.717, 1.165) is 11.1 Å². The normalized spacial score (nSPS) is 13.6. The summed E-state index contributed by atoms with van der Waals surface area (Å²) in [6.07, 6.45) is -0.420. The molecular weight excluding hydrogens is 324 g/mol. The fourth-order valence-electron chi connectivity index (χ4n) is 2.57. The number of cyclic esters (lactones) is 1. The Morgan fingerprint density at radius 2 is 2.12 bits per heavy atom. The predicted octanol–water partition coefficient (Wildman–Crippen LogP) is 1.96. The highest BCUT2D eigenvalue weighted by Gasteiger charge is 2.22. The van der Waals surface area contributed by atoms with E-state index < -0.39 is 17.6 Å². The third kappa shape index (κ3) is 3.88. The van der Waals surface area contributed by atoms with Gasteiger partial charge in [-0.3, -0.25) is 4.79 Å². The summed E-state index contributed by atoms with van der Waals surface area (Å²) >= 11 is 0. The topological polar surface area (TPSA) is 88.7 Å². The van der Waals surface area contributed by atoms with E-state index in [9.17, 15) is 14.4 Å². The molecule has 7 nitrogen and oxygen atoms in total. The molecule has 0 bridgehead atoms. The summed E-state index contributed by atoms with van der Waals surface area (Å²) in [6.45, 7) is 3.02. The lowest BCUT2D eigenvalue weighted by atomic mass is 10.1. The number of nitrogens with one attached hydrogen (secondary N) is 1. The van der Waals surface area contributed by atoms with Gasteiger partial charge in [0.05, 0.1) is 13.1 Å². The van der Waals surface area contributed by atoms with Gasteiger partial charge in [0, 0.05) is 5.69 Å². The number of pyridine rings is 1. The molecule has 1 saturated heterocycles. The fraction of sp³-hybridized carbons (Fsp3) is 0.278. The molecule has 1 aliphatic heterocycles. The molecule has 1 amide bonds. The molecule has 3 rings (SSSR count). The third-order valence-corrected chi connectivity index (χ3v) is 3.90. The summed E-state index contributed by atoms with van der Waals surface area (Å²) in [6, 6.07) is 10.8. The van der Waals surface area contributed by atoms with Gasteiger partial charge in [-0.05, 0) is 30.7 Å². The number of H-pyrrole nitrogens is 1. The van der Waals surface area contributed by atoms with Gasteiger partial charge in [0.15, 0.2) is 0 Å². The number of benzene rings is 1. The lowest BCUT2D eigenvalue weighted by Crippen LogP contribution is -2.29. The van der Waals surface area contributed by atoms with Crippen LogP contribution in [0.3, 0.4) is 0 Å². The van der Waals surface area contributed by atoms with Gasteiger partial charge in [-0.1, -0.05) is 23.8 Å². The van der Waals surface area contributed by atoms with Gasteiger partial charge in [-0.25, -0.2) is 9.59 Å². The van der Waals surface area contributed by atoms with Gasteiger partial charge in [0.2, 0.25) is 0 Å². The maximum Gasteiger partial charge on any atom is 0.410 e. The lowest BCUT2D eigenvalue weighted by molar-refractivity contribution is 0.0475. The number of hydrogen-bond acceptors (Lipinski definition) is 5. The maximum absolute atomic E-state index is 12.2.